The van der Waals surface area contributed by atoms with Crippen molar-refractivity contribution in [1.82, 2.24) is 0 Å². The van der Waals surface area contributed by atoms with Gasteiger partial charge >= 0.3 is 0 Å². The molecule has 4 aromatic rings. The summed E-state index contributed by atoms with van der Waals surface area (Å²) in [6.45, 7) is -0.759. The zero-order chi connectivity index (χ0) is 44.5. The summed E-state index contributed by atoms with van der Waals surface area (Å²) in [6, 6.07) is 8.54. The molecule has 0 atom stereocenters. The van der Waals surface area contributed by atoms with Crippen LogP contribution >= 0.6 is 0 Å². The molecule has 64 heavy (non-hydrogen) atoms. The monoisotopic (exact) mass is 884 g/mol. The number of nitrogens with two attached hydrogens (primary N) is 4. The van der Waals surface area contributed by atoms with Gasteiger partial charge in [-0.2, -0.15) is 0 Å². The number of benzene rings is 4. The molecule has 9 rings (SSSR count). The lowest BCUT2D eigenvalue weighted by Gasteiger charge is -2.37. The van der Waals surface area contributed by atoms with E-state index < -0.39 is 23.7 Å². The summed E-state index contributed by atoms with van der Waals surface area (Å²) in [7, 11) is 0. The van der Waals surface area contributed by atoms with E-state index in [0.717, 1.165) is 44.5 Å². The predicted molar refractivity (Wildman–Crippen MR) is 234 cm³/mol. The van der Waals surface area contributed by atoms with Gasteiger partial charge in [0, 0.05) is 121 Å². The third-order valence-corrected chi connectivity index (χ3v) is 13.6. The molecule has 1 aliphatic carbocycles. The number of hydrogen-bond donors (Lipinski definition) is 8. The molecule has 8 bridgehead atoms. The minimum absolute atomic E-state index is 0.0545. The van der Waals surface area contributed by atoms with Crippen LogP contribution in [-0.4, -0.2) is 74.0 Å². The van der Waals surface area contributed by atoms with E-state index in [4.69, 9.17) is 60.8 Å². The highest BCUT2D eigenvalue weighted by molar-refractivity contribution is 5.69. The van der Waals surface area contributed by atoms with Crippen LogP contribution in [0.1, 0.15) is 142 Å². The van der Waals surface area contributed by atoms with Crippen molar-refractivity contribution in [3.8, 4) is 46.0 Å². The lowest BCUT2D eigenvalue weighted by atomic mass is 9.74. The fraction of sp³-hybridized carbons (Fsp3) is 0.500. The highest BCUT2D eigenvalue weighted by atomic mass is 16.7. The second kappa shape index (κ2) is 19.2. The van der Waals surface area contributed by atoms with Crippen molar-refractivity contribution in [2.75, 3.05) is 53.6 Å². The van der Waals surface area contributed by atoms with Crippen LogP contribution in [-0.2, 0) is 26.2 Å². The second-order valence-corrected chi connectivity index (χ2v) is 16.9. The Morgan fingerprint density at radius 2 is 0.500 bits per heavy atom. The van der Waals surface area contributed by atoms with E-state index in [-0.39, 0.29) is 79.8 Å². The Morgan fingerprint density at radius 3 is 0.641 bits per heavy atom. The van der Waals surface area contributed by atoms with Crippen LogP contribution in [0.3, 0.4) is 0 Å². The summed E-state index contributed by atoms with van der Waals surface area (Å²) in [5.41, 5.74) is 36.0. The number of aliphatic hydroxyl groups is 4. The van der Waals surface area contributed by atoms with E-state index in [1.165, 1.54) is 0 Å². The first kappa shape index (κ1) is 44.2. The maximum Gasteiger partial charge on any atom is 0.230 e. The van der Waals surface area contributed by atoms with Gasteiger partial charge in [-0.25, -0.2) is 0 Å². The molecular formula is C48H60N4O12. The van der Waals surface area contributed by atoms with Crippen molar-refractivity contribution in [3.05, 3.63) is 91.0 Å². The summed E-state index contributed by atoms with van der Waals surface area (Å²) >= 11 is 0. The molecule has 16 nitrogen and oxygen atoms in total. The van der Waals surface area contributed by atoms with Gasteiger partial charge in [0.1, 0.15) is 46.0 Å². The maximum atomic E-state index is 10.4. The molecule has 16 heteroatoms. The van der Waals surface area contributed by atoms with Gasteiger partial charge in [-0.05, 0) is 75.6 Å². The first-order chi connectivity index (χ1) is 31.5. The molecule has 0 spiro atoms. The van der Waals surface area contributed by atoms with Crippen LogP contribution in [0.15, 0.2) is 24.3 Å². The lowest BCUT2D eigenvalue weighted by molar-refractivity contribution is 0.0942. The van der Waals surface area contributed by atoms with Crippen LogP contribution in [0.25, 0.3) is 0 Å². The molecule has 5 aliphatic rings. The molecule has 4 aliphatic heterocycles. The van der Waals surface area contributed by atoms with E-state index in [2.05, 4.69) is 24.3 Å². The van der Waals surface area contributed by atoms with E-state index in [1.54, 1.807) is 0 Å². The summed E-state index contributed by atoms with van der Waals surface area (Å²) in [6.07, 6.45) is 3.77. The van der Waals surface area contributed by atoms with E-state index in [9.17, 15) is 20.4 Å². The summed E-state index contributed by atoms with van der Waals surface area (Å²) in [5, 5.41) is 41.8. The van der Waals surface area contributed by atoms with E-state index >= 15 is 0 Å². The normalized spacial score (nSPS) is 19.8. The molecule has 0 amide bonds. The second-order valence-electron chi connectivity index (χ2n) is 16.9. The van der Waals surface area contributed by atoms with Gasteiger partial charge in [-0.15, -0.1) is 0 Å². The summed E-state index contributed by atoms with van der Waals surface area (Å²) in [5.74, 6) is 2.51. The number of hydrogen-bond acceptors (Lipinski definition) is 16. The van der Waals surface area contributed by atoms with E-state index in [1.807, 2.05) is 0 Å². The zero-order valence-electron chi connectivity index (χ0n) is 36.1. The fourth-order valence-electron chi connectivity index (χ4n) is 10.9. The van der Waals surface area contributed by atoms with Crippen LogP contribution in [0.4, 0.5) is 0 Å². The van der Waals surface area contributed by atoms with Crippen molar-refractivity contribution in [2.45, 2.75) is 101 Å². The van der Waals surface area contributed by atoms with Gasteiger partial charge in [0.05, 0.1) is 22.3 Å². The molecule has 4 aromatic carbocycles. The molecular weight excluding hydrogens is 825 g/mol. The van der Waals surface area contributed by atoms with Crippen LogP contribution in [0, 0.1) is 0 Å². The highest BCUT2D eigenvalue weighted by Crippen LogP contribution is 2.58. The van der Waals surface area contributed by atoms with Gasteiger partial charge in [0.15, 0.2) is 0 Å². The molecule has 12 N–H and O–H groups in total. The van der Waals surface area contributed by atoms with Gasteiger partial charge in [-0.1, -0.05) is 0 Å². The first-order valence-corrected chi connectivity index (χ1v) is 22.5. The van der Waals surface area contributed by atoms with Gasteiger partial charge in [0.25, 0.3) is 0 Å². The lowest BCUT2D eigenvalue weighted by Crippen LogP contribution is -2.26. The molecule has 344 valence electrons. The number of rotatable bonds is 16. The van der Waals surface area contributed by atoms with Crippen molar-refractivity contribution >= 4 is 0 Å². The average Bonchev–Trinajstić information content (AvgIpc) is 3.29. The molecule has 4 heterocycles. The molecule has 0 fully saturated rings. The molecule has 0 radical (unpaired) electrons. The Labute approximate surface area is 372 Å². The van der Waals surface area contributed by atoms with Crippen molar-refractivity contribution < 1.29 is 58.3 Å². The Balaban J connectivity index is 1.50. The van der Waals surface area contributed by atoms with Crippen LogP contribution in [0.2, 0.25) is 0 Å². The first-order valence-electron chi connectivity index (χ1n) is 22.5. The third kappa shape index (κ3) is 7.43. The molecule has 0 unspecified atom stereocenters. The largest absolute Gasteiger partial charge is 0.457 e. The summed E-state index contributed by atoms with van der Waals surface area (Å²) in [4.78, 5) is 0. The van der Waals surface area contributed by atoms with Crippen molar-refractivity contribution in [2.24, 2.45) is 22.9 Å². The van der Waals surface area contributed by atoms with Gasteiger partial charge in [-0.3, -0.25) is 0 Å². The topological polar surface area (TPSA) is 259 Å². The quantitative estimate of drug-likeness (QED) is 0.0777. The Hall–Kier alpha value is -5.04. The summed E-state index contributed by atoms with van der Waals surface area (Å²) < 4.78 is 52.8. The SMILES string of the molecule is NCc1c2c3cc4c1OCOc1c(cc5c(c1CN)OCOc1c(cc6c(c1CN)OCOc1c(cc(c(c1CN)OCO2)C3CCCO)C6CCCO)C5CCCO)C4CCCO. The van der Waals surface area contributed by atoms with E-state index in [0.29, 0.717) is 120 Å². The number of ether oxygens (including phenoxy) is 8. The van der Waals surface area contributed by atoms with Crippen molar-refractivity contribution in [3.63, 3.8) is 0 Å². The predicted octanol–water partition coefficient (Wildman–Crippen LogP) is 4.37. The third-order valence-electron chi connectivity index (χ3n) is 13.6. The van der Waals surface area contributed by atoms with Crippen molar-refractivity contribution in [1.29, 1.82) is 0 Å². The Kier molecular flexibility index (Phi) is 13.3. The van der Waals surface area contributed by atoms with Gasteiger partial charge in [0.2, 0.25) is 27.2 Å². The zero-order valence-corrected chi connectivity index (χ0v) is 36.1. The molecule has 0 saturated heterocycles. The van der Waals surface area contributed by atoms with Gasteiger partial charge < -0.3 is 81.3 Å². The Bertz CT molecular complexity index is 1930. The minimum Gasteiger partial charge on any atom is -0.457 e. The molecule has 0 saturated carbocycles. The highest BCUT2D eigenvalue weighted by Gasteiger charge is 2.41. The Morgan fingerprint density at radius 1 is 0.328 bits per heavy atom. The fourth-order valence-corrected chi connectivity index (χ4v) is 10.9. The minimum atomic E-state index is -0.416. The average molecular weight is 885 g/mol. The van der Waals surface area contributed by atoms with Crippen LogP contribution in [0.5, 0.6) is 46.0 Å². The molecule has 0 aromatic heterocycles. The van der Waals surface area contributed by atoms with Crippen LogP contribution < -0.4 is 60.8 Å². The maximum absolute atomic E-state index is 10.4. The standard InChI is InChI=1S/C48H60N4O12/c49-17-37-41-29-13-31-26(6-2-10-54)33-15-35-28(8-4-12-56)36-16-34-27(7-3-11-55)32-14-30(25(29)5-1-9-53)42(58-21-57-41)38(18-50)44(32)60-23-62-46(34)40(20-52)48(36)64-24-63-47(35)39(19-51)45(33)61-22-59-43(31)37/h13-16,25-28,53-56H,1-12,17-24,49-52H2. The smallest absolute Gasteiger partial charge is 0.230 e. The number of aliphatic hydroxyl groups excluding tert-OH is 4.